The fraction of sp³-hybridized carbons (Fsp3) is 0.750. The fourth-order valence-corrected chi connectivity index (χ4v) is 3.71. The van der Waals surface area contributed by atoms with Crippen LogP contribution < -0.4 is 0 Å². The predicted molar refractivity (Wildman–Crippen MR) is 58.0 cm³/mol. The van der Waals surface area contributed by atoms with E-state index in [4.69, 9.17) is 14.7 Å². The van der Waals surface area contributed by atoms with Crippen LogP contribution in [0.2, 0.25) is 0 Å². The Labute approximate surface area is 104 Å². The van der Waals surface area contributed by atoms with Gasteiger partial charge >= 0.3 is 12.1 Å². The molecule has 0 unspecified atom stereocenters. The van der Waals surface area contributed by atoms with Crippen molar-refractivity contribution in [2.75, 3.05) is 7.05 Å². The lowest BCUT2D eigenvalue weighted by molar-refractivity contribution is -0.191. The van der Waals surface area contributed by atoms with Gasteiger partial charge in [-0.1, -0.05) is 12.8 Å². The molecule has 0 aromatic rings. The van der Waals surface area contributed by atoms with Gasteiger partial charge in [0.25, 0.3) is 5.79 Å². The molecule has 2 aliphatic heterocycles. The molecule has 0 N–H and O–H groups in total. The number of ether oxygens (including phenoxy) is 2. The lowest BCUT2D eigenvalue weighted by atomic mass is 9.69. The number of nitriles is 1. The maximum Gasteiger partial charge on any atom is 0.413 e. The standard InChI is InChI=1S/C12H14N2O4/c1-14-10(16)18-12(6-7-13)11(14)5-3-2-4-8(11)9(15)17-12/h8H,2-6H2,1H3/t8-,11+,12+/m1/s1. The van der Waals surface area contributed by atoms with E-state index in [2.05, 4.69) is 0 Å². The summed E-state index contributed by atoms with van der Waals surface area (Å²) in [6, 6.07) is 1.98. The van der Waals surface area contributed by atoms with Gasteiger partial charge in [0.2, 0.25) is 0 Å². The minimum atomic E-state index is -1.39. The SMILES string of the molecule is CN1C(=O)O[C@]2(CC#N)OC(=O)[C@H]3CCCC[C@@]312. The molecule has 96 valence electrons. The van der Waals surface area contributed by atoms with Gasteiger partial charge in [0.15, 0.2) is 0 Å². The monoisotopic (exact) mass is 250 g/mol. The Morgan fingerprint density at radius 2 is 2.22 bits per heavy atom. The fourth-order valence-electron chi connectivity index (χ4n) is 3.71. The minimum absolute atomic E-state index is 0.106. The molecule has 6 heteroatoms. The van der Waals surface area contributed by atoms with Gasteiger partial charge in [0.05, 0.1) is 12.0 Å². The largest absolute Gasteiger partial charge is 0.418 e. The Bertz CT molecular complexity index is 471. The average molecular weight is 250 g/mol. The zero-order chi connectivity index (χ0) is 13.0. The smallest absolute Gasteiger partial charge is 0.413 e. The van der Waals surface area contributed by atoms with Crippen LogP contribution in [0, 0.1) is 17.2 Å². The van der Waals surface area contributed by atoms with Crippen molar-refractivity contribution in [2.24, 2.45) is 5.92 Å². The van der Waals surface area contributed by atoms with Crippen LogP contribution >= 0.6 is 0 Å². The normalized spacial score (nSPS) is 41.8. The first-order chi connectivity index (χ1) is 8.57. The van der Waals surface area contributed by atoms with Crippen LogP contribution in [0.3, 0.4) is 0 Å². The number of likely N-dealkylation sites (N-methyl/N-ethyl adjacent to an activating group) is 1. The highest BCUT2D eigenvalue weighted by Gasteiger charge is 2.76. The molecule has 2 saturated heterocycles. The second-order valence-corrected chi connectivity index (χ2v) is 5.16. The van der Waals surface area contributed by atoms with E-state index in [0.717, 1.165) is 12.8 Å². The number of hydrogen-bond donors (Lipinski definition) is 0. The van der Waals surface area contributed by atoms with E-state index in [1.807, 2.05) is 6.07 Å². The summed E-state index contributed by atoms with van der Waals surface area (Å²) in [5, 5.41) is 8.96. The highest BCUT2D eigenvalue weighted by atomic mass is 16.8. The number of rotatable bonds is 1. The van der Waals surface area contributed by atoms with E-state index in [1.54, 1.807) is 7.05 Å². The van der Waals surface area contributed by atoms with Crippen LogP contribution in [0.4, 0.5) is 4.79 Å². The third kappa shape index (κ3) is 1.03. The molecule has 1 amide bonds. The van der Waals surface area contributed by atoms with Gasteiger partial charge in [-0.25, -0.2) is 4.79 Å². The molecule has 1 spiro atoms. The predicted octanol–water partition coefficient (Wildman–Crippen LogP) is 1.16. The Balaban J connectivity index is 2.15. The number of amides is 1. The Morgan fingerprint density at radius 1 is 1.44 bits per heavy atom. The van der Waals surface area contributed by atoms with Gasteiger partial charge in [0, 0.05) is 7.05 Å². The van der Waals surface area contributed by atoms with Crippen LogP contribution in [0.15, 0.2) is 0 Å². The quantitative estimate of drug-likeness (QED) is 0.652. The minimum Gasteiger partial charge on any atom is -0.418 e. The molecule has 0 radical (unpaired) electrons. The first-order valence-electron chi connectivity index (χ1n) is 6.14. The molecule has 3 aliphatic rings. The van der Waals surface area contributed by atoms with Crippen molar-refractivity contribution in [2.45, 2.75) is 43.4 Å². The Kier molecular flexibility index (Phi) is 2.12. The van der Waals surface area contributed by atoms with Crippen molar-refractivity contribution >= 4 is 12.1 Å². The molecule has 0 bridgehead atoms. The number of esters is 1. The van der Waals surface area contributed by atoms with Gasteiger partial charge in [-0.15, -0.1) is 0 Å². The van der Waals surface area contributed by atoms with Crippen molar-refractivity contribution in [3.05, 3.63) is 0 Å². The maximum atomic E-state index is 12.0. The summed E-state index contributed by atoms with van der Waals surface area (Å²) in [6.45, 7) is 0. The number of carbonyl (C=O) groups is 2. The summed E-state index contributed by atoms with van der Waals surface area (Å²) in [5.74, 6) is -2.10. The summed E-state index contributed by atoms with van der Waals surface area (Å²) in [6.07, 6.45) is 2.56. The van der Waals surface area contributed by atoms with Crippen molar-refractivity contribution in [1.29, 1.82) is 5.26 Å². The van der Waals surface area contributed by atoms with E-state index < -0.39 is 17.4 Å². The molecular formula is C12H14N2O4. The zero-order valence-corrected chi connectivity index (χ0v) is 10.1. The third-order valence-corrected chi connectivity index (χ3v) is 4.52. The molecule has 3 rings (SSSR count). The maximum absolute atomic E-state index is 12.0. The molecule has 1 saturated carbocycles. The molecule has 3 atom stereocenters. The van der Waals surface area contributed by atoms with Gasteiger partial charge in [-0.05, 0) is 12.8 Å². The van der Waals surface area contributed by atoms with Crippen LogP contribution in [0.5, 0.6) is 0 Å². The second kappa shape index (κ2) is 3.37. The van der Waals surface area contributed by atoms with E-state index in [0.29, 0.717) is 12.8 Å². The zero-order valence-electron chi connectivity index (χ0n) is 10.1. The molecule has 0 aromatic carbocycles. The van der Waals surface area contributed by atoms with Crippen LogP contribution in [0.25, 0.3) is 0 Å². The lowest BCUT2D eigenvalue weighted by Gasteiger charge is -2.42. The first kappa shape index (κ1) is 11.3. The van der Waals surface area contributed by atoms with Crippen molar-refractivity contribution in [3.8, 4) is 6.07 Å². The van der Waals surface area contributed by atoms with Gasteiger partial charge in [0.1, 0.15) is 12.0 Å². The van der Waals surface area contributed by atoms with Gasteiger partial charge in [-0.3, -0.25) is 9.69 Å². The summed E-state index contributed by atoms with van der Waals surface area (Å²) >= 11 is 0. The number of nitrogens with zero attached hydrogens (tertiary/aromatic N) is 2. The summed E-state index contributed by atoms with van der Waals surface area (Å²) < 4.78 is 10.6. The second-order valence-electron chi connectivity index (χ2n) is 5.16. The van der Waals surface area contributed by atoms with E-state index in [1.165, 1.54) is 4.90 Å². The van der Waals surface area contributed by atoms with Gasteiger partial charge < -0.3 is 9.47 Å². The molecular weight excluding hydrogens is 236 g/mol. The molecule has 0 aromatic heterocycles. The van der Waals surface area contributed by atoms with Crippen molar-refractivity contribution in [1.82, 2.24) is 4.90 Å². The van der Waals surface area contributed by atoms with Crippen molar-refractivity contribution < 1.29 is 19.1 Å². The van der Waals surface area contributed by atoms with Crippen LogP contribution in [-0.2, 0) is 14.3 Å². The first-order valence-corrected chi connectivity index (χ1v) is 6.14. The topological polar surface area (TPSA) is 79.6 Å². The van der Waals surface area contributed by atoms with Crippen LogP contribution in [-0.4, -0.2) is 35.3 Å². The van der Waals surface area contributed by atoms with Gasteiger partial charge in [-0.2, -0.15) is 5.26 Å². The highest BCUT2D eigenvalue weighted by Crippen LogP contribution is 2.57. The number of hydrogen-bond acceptors (Lipinski definition) is 5. The molecule has 6 nitrogen and oxygen atoms in total. The lowest BCUT2D eigenvalue weighted by Crippen LogP contribution is -2.59. The van der Waals surface area contributed by atoms with Crippen LogP contribution in [0.1, 0.15) is 32.1 Å². The number of carbonyl (C=O) groups excluding carboxylic acids is 2. The van der Waals surface area contributed by atoms with E-state index in [-0.39, 0.29) is 18.3 Å². The Hall–Kier alpha value is -1.77. The molecule has 2 heterocycles. The summed E-state index contributed by atoms with van der Waals surface area (Å²) in [4.78, 5) is 25.3. The van der Waals surface area contributed by atoms with E-state index >= 15 is 0 Å². The third-order valence-electron chi connectivity index (χ3n) is 4.52. The van der Waals surface area contributed by atoms with E-state index in [9.17, 15) is 9.59 Å². The molecule has 18 heavy (non-hydrogen) atoms. The van der Waals surface area contributed by atoms with Crippen molar-refractivity contribution in [3.63, 3.8) is 0 Å². The highest BCUT2D eigenvalue weighted by molar-refractivity contribution is 5.84. The summed E-state index contributed by atoms with van der Waals surface area (Å²) in [7, 11) is 1.63. The average Bonchev–Trinajstić information content (AvgIpc) is 2.69. The summed E-state index contributed by atoms with van der Waals surface area (Å²) in [5.41, 5.74) is -0.783. The molecule has 3 fully saturated rings. The molecule has 1 aliphatic carbocycles. The Morgan fingerprint density at radius 3 is 2.94 bits per heavy atom.